The summed E-state index contributed by atoms with van der Waals surface area (Å²) in [6, 6.07) is 8.53. The molecule has 0 spiro atoms. The van der Waals surface area contributed by atoms with Crippen molar-refractivity contribution in [3.8, 4) is 5.75 Å². The van der Waals surface area contributed by atoms with Gasteiger partial charge in [0.15, 0.2) is 5.78 Å². The van der Waals surface area contributed by atoms with E-state index in [-0.39, 0.29) is 30.2 Å². The van der Waals surface area contributed by atoms with Gasteiger partial charge in [-0.1, -0.05) is 6.08 Å². The molecule has 0 unspecified atom stereocenters. The fourth-order valence-electron chi connectivity index (χ4n) is 4.78. The van der Waals surface area contributed by atoms with Gasteiger partial charge in [0.1, 0.15) is 23.7 Å². The summed E-state index contributed by atoms with van der Waals surface area (Å²) in [5.74, 6) is 0.906. The second-order valence-corrected chi connectivity index (χ2v) is 9.30. The second-order valence-electron chi connectivity index (χ2n) is 9.30. The van der Waals surface area contributed by atoms with Gasteiger partial charge in [0.2, 0.25) is 0 Å². The van der Waals surface area contributed by atoms with E-state index >= 15 is 0 Å². The van der Waals surface area contributed by atoms with Crippen molar-refractivity contribution in [2.24, 2.45) is 0 Å². The van der Waals surface area contributed by atoms with E-state index in [1.165, 1.54) is 12.4 Å². The highest BCUT2D eigenvalue weighted by Crippen LogP contribution is 2.31. The fourth-order valence-corrected chi connectivity index (χ4v) is 4.78. The van der Waals surface area contributed by atoms with Gasteiger partial charge in [0.05, 0.1) is 37.5 Å². The van der Waals surface area contributed by atoms with Gasteiger partial charge in [0, 0.05) is 48.8 Å². The monoisotopic (exact) mass is 506 g/mol. The molecule has 5 rings (SSSR count). The smallest absolute Gasteiger partial charge is 0.159 e. The van der Waals surface area contributed by atoms with Crippen LogP contribution in [0.25, 0.3) is 10.9 Å². The van der Waals surface area contributed by atoms with Crippen LogP contribution in [0.4, 0.5) is 15.9 Å². The molecule has 1 aromatic heterocycles. The molecule has 0 aliphatic carbocycles. The van der Waals surface area contributed by atoms with Crippen molar-refractivity contribution in [2.75, 3.05) is 44.8 Å². The fraction of sp³-hybridized carbons (Fsp3) is 0.393. The highest BCUT2D eigenvalue weighted by Gasteiger charge is 2.35. The molecular weight excluding hydrogens is 475 g/mol. The molecule has 8 nitrogen and oxygen atoms in total. The number of hydrogen-bond donors (Lipinski definition) is 1. The largest absolute Gasteiger partial charge is 0.494 e. The number of fused-ring (bicyclic) bond motifs is 2. The summed E-state index contributed by atoms with van der Waals surface area (Å²) in [4.78, 5) is 23.9. The van der Waals surface area contributed by atoms with Crippen LogP contribution in [-0.2, 0) is 20.7 Å². The Morgan fingerprint density at radius 2 is 1.97 bits per heavy atom. The van der Waals surface area contributed by atoms with Crippen LogP contribution in [0.5, 0.6) is 5.75 Å². The van der Waals surface area contributed by atoms with E-state index in [2.05, 4.69) is 20.2 Å². The zero-order chi connectivity index (χ0) is 25.8. The highest BCUT2D eigenvalue weighted by molar-refractivity contribution is 5.96. The van der Waals surface area contributed by atoms with E-state index in [1.54, 1.807) is 25.1 Å². The minimum absolute atomic E-state index is 0.0232. The number of carbonyl (C=O) groups excluding carboxylic acids is 1. The van der Waals surface area contributed by atoms with Crippen LogP contribution in [0, 0.1) is 12.7 Å². The Labute approximate surface area is 215 Å². The zero-order valence-electron chi connectivity index (χ0n) is 21.1. The molecule has 1 N–H and O–H groups in total. The number of ether oxygens (including phenoxy) is 3. The molecule has 9 heteroatoms. The van der Waals surface area contributed by atoms with E-state index in [1.807, 2.05) is 25.1 Å². The lowest BCUT2D eigenvalue weighted by Gasteiger charge is -2.24. The van der Waals surface area contributed by atoms with Crippen molar-refractivity contribution in [3.63, 3.8) is 0 Å². The van der Waals surface area contributed by atoms with Gasteiger partial charge in [-0.25, -0.2) is 14.4 Å². The van der Waals surface area contributed by atoms with Crippen molar-refractivity contribution >= 4 is 28.2 Å². The maximum Gasteiger partial charge on any atom is 0.159 e. The van der Waals surface area contributed by atoms with Crippen LogP contribution >= 0.6 is 0 Å². The molecule has 2 aliphatic heterocycles. The molecule has 0 bridgehead atoms. The highest BCUT2D eigenvalue weighted by atomic mass is 19.1. The minimum atomic E-state index is -0.266. The number of allylic oxidation sites excluding steroid dienone is 1. The molecule has 2 saturated heterocycles. The topological polar surface area (TPSA) is 85.8 Å². The van der Waals surface area contributed by atoms with E-state index in [9.17, 15) is 9.18 Å². The summed E-state index contributed by atoms with van der Waals surface area (Å²) in [5.41, 5.74) is 2.69. The summed E-state index contributed by atoms with van der Waals surface area (Å²) >= 11 is 0. The number of ketones is 1. The Hall–Kier alpha value is -3.40. The lowest BCUT2D eigenvalue weighted by molar-refractivity contribution is -0.116. The van der Waals surface area contributed by atoms with Crippen LogP contribution in [0.15, 0.2) is 48.8 Å². The van der Waals surface area contributed by atoms with Crippen molar-refractivity contribution in [3.05, 3.63) is 65.8 Å². The van der Waals surface area contributed by atoms with Crippen LogP contribution < -0.4 is 10.1 Å². The summed E-state index contributed by atoms with van der Waals surface area (Å²) in [6.45, 7) is 7.66. The number of anilines is 2. The second kappa shape index (κ2) is 11.3. The van der Waals surface area contributed by atoms with Crippen LogP contribution in [-0.4, -0.2) is 72.3 Å². The average Bonchev–Trinajstić information content (AvgIpc) is 3.30. The van der Waals surface area contributed by atoms with Gasteiger partial charge >= 0.3 is 0 Å². The van der Waals surface area contributed by atoms with Crippen LogP contribution in [0.2, 0.25) is 0 Å². The standard InChI is InChI=1S/C28H31FN4O4/c1-3-35-25-14-24-22(28(31-17-30-24)32-20-6-7-23(29)18(2)11-20)13-19(25)12-21(34)5-4-8-33-15-26-27(16-33)37-10-9-36-26/h4-7,11,13-14,17,26-27H,3,8-10,12,15-16H2,1-2H3,(H,30,31,32)/b5-4+/t26-,27-/m0/s1. The van der Waals surface area contributed by atoms with Crippen molar-refractivity contribution < 1.29 is 23.4 Å². The lowest BCUT2D eigenvalue weighted by Crippen LogP contribution is -2.36. The van der Waals surface area contributed by atoms with Crippen LogP contribution in [0.1, 0.15) is 18.1 Å². The van der Waals surface area contributed by atoms with E-state index in [4.69, 9.17) is 14.2 Å². The Bertz CT molecular complexity index is 1300. The lowest BCUT2D eigenvalue weighted by atomic mass is 10.0. The summed E-state index contributed by atoms with van der Waals surface area (Å²) in [5, 5.41) is 4.00. The first-order chi connectivity index (χ1) is 18.0. The number of hydrogen-bond acceptors (Lipinski definition) is 8. The van der Waals surface area contributed by atoms with E-state index in [0.717, 1.165) is 24.0 Å². The Balaban J connectivity index is 1.32. The molecule has 3 heterocycles. The average molecular weight is 507 g/mol. The van der Waals surface area contributed by atoms with E-state index in [0.29, 0.717) is 54.7 Å². The van der Waals surface area contributed by atoms with Crippen molar-refractivity contribution in [2.45, 2.75) is 32.5 Å². The molecule has 2 atom stereocenters. The van der Waals surface area contributed by atoms with Crippen LogP contribution in [0.3, 0.4) is 0 Å². The maximum absolute atomic E-state index is 13.7. The first-order valence-electron chi connectivity index (χ1n) is 12.6. The van der Waals surface area contributed by atoms with Crippen molar-refractivity contribution in [1.82, 2.24) is 14.9 Å². The molecule has 2 aromatic carbocycles. The number of aryl methyl sites for hydroxylation is 1. The third-order valence-corrected chi connectivity index (χ3v) is 6.61. The third-order valence-electron chi connectivity index (χ3n) is 6.61. The molecule has 3 aromatic rings. The number of halogens is 1. The summed E-state index contributed by atoms with van der Waals surface area (Å²) in [7, 11) is 0. The summed E-state index contributed by atoms with van der Waals surface area (Å²) < 4.78 is 31.1. The van der Waals surface area contributed by atoms with Gasteiger partial charge in [-0.3, -0.25) is 9.69 Å². The predicted molar refractivity (Wildman–Crippen MR) is 139 cm³/mol. The number of nitrogens with zero attached hydrogens (tertiary/aromatic N) is 3. The molecule has 0 radical (unpaired) electrons. The Morgan fingerprint density at radius 1 is 1.19 bits per heavy atom. The van der Waals surface area contributed by atoms with E-state index < -0.39 is 0 Å². The van der Waals surface area contributed by atoms with Gasteiger partial charge < -0.3 is 19.5 Å². The number of aromatic nitrogens is 2. The molecule has 2 aliphatic rings. The quantitative estimate of drug-likeness (QED) is 0.436. The van der Waals surface area contributed by atoms with Crippen molar-refractivity contribution in [1.29, 1.82) is 0 Å². The molecule has 2 fully saturated rings. The molecular formula is C28H31FN4O4. The SMILES string of the molecule is CCOc1cc2ncnc(Nc3ccc(F)c(C)c3)c2cc1CC(=O)/C=C/CN1C[C@@H]2OCCO[C@H]2C1. The zero-order valence-corrected chi connectivity index (χ0v) is 21.1. The molecule has 0 amide bonds. The number of benzene rings is 2. The Kier molecular flexibility index (Phi) is 7.73. The number of rotatable bonds is 9. The number of likely N-dealkylation sites (tertiary alicyclic amines) is 1. The molecule has 37 heavy (non-hydrogen) atoms. The summed E-state index contributed by atoms with van der Waals surface area (Å²) in [6.07, 6.45) is 5.42. The normalized spacial score (nSPS) is 19.9. The Morgan fingerprint density at radius 3 is 2.70 bits per heavy atom. The first kappa shape index (κ1) is 25.3. The molecule has 194 valence electrons. The predicted octanol–water partition coefficient (Wildman–Crippen LogP) is 3.99. The van der Waals surface area contributed by atoms with Gasteiger partial charge in [-0.05, 0) is 49.8 Å². The minimum Gasteiger partial charge on any atom is -0.494 e. The molecule has 0 saturated carbocycles. The van der Waals surface area contributed by atoms with Gasteiger partial charge in [-0.15, -0.1) is 0 Å². The maximum atomic E-state index is 13.7. The first-order valence-corrected chi connectivity index (χ1v) is 12.6. The number of nitrogens with one attached hydrogen (secondary N) is 1. The third kappa shape index (κ3) is 5.95. The van der Waals surface area contributed by atoms with Gasteiger partial charge in [0.25, 0.3) is 0 Å². The van der Waals surface area contributed by atoms with Gasteiger partial charge in [-0.2, -0.15) is 0 Å². The number of carbonyl (C=O) groups is 1.